The molecule has 2 rings (SSSR count). The van der Waals surface area contributed by atoms with Crippen LogP contribution >= 0.6 is 11.6 Å². The monoisotopic (exact) mass is 237 g/mol. The maximum Gasteiger partial charge on any atom is 0.0408 e. The molecule has 1 aromatic rings. The average molecular weight is 238 g/mol. The lowest BCUT2D eigenvalue weighted by Gasteiger charge is -2.27. The van der Waals surface area contributed by atoms with Gasteiger partial charge in [0.05, 0.1) is 0 Å². The molecule has 0 saturated carbocycles. The molecule has 1 fully saturated rings. The van der Waals surface area contributed by atoms with E-state index in [1.165, 1.54) is 12.0 Å². The summed E-state index contributed by atoms with van der Waals surface area (Å²) >= 11 is 6.08. The van der Waals surface area contributed by atoms with Crippen LogP contribution in [0.25, 0.3) is 0 Å². The van der Waals surface area contributed by atoms with Crippen molar-refractivity contribution in [1.29, 1.82) is 0 Å². The zero-order chi connectivity index (χ0) is 11.5. The zero-order valence-electron chi connectivity index (χ0n) is 10.0. The molecule has 0 aromatic heterocycles. The normalized spacial score (nSPS) is 22.6. The fourth-order valence-electron chi connectivity index (χ4n) is 2.90. The number of hydrogen-bond donors (Lipinski definition) is 1. The van der Waals surface area contributed by atoms with Crippen LogP contribution in [-0.2, 0) is 0 Å². The van der Waals surface area contributed by atoms with Crippen LogP contribution < -0.4 is 5.32 Å². The summed E-state index contributed by atoms with van der Waals surface area (Å²) in [5.41, 5.74) is 1.40. The van der Waals surface area contributed by atoms with Gasteiger partial charge in [-0.3, -0.25) is 0 Å². The van der Waals surface area contributed by atoms with E-state index < -0.39 is 0 Å². The number of benzene rings is 1. The van der Waals surface area contributed by atoms with Gasteiger partial charge >= 0.3 is 0 Å². The number of nitrogens with one attached hydrogen (secondary N) is 1. The molecule has 1 aliphatic heterocycles. The lowest BCUT2D eigenvalue weighted by molar-refractivity contribution is 0.363. The molecule has 0 radical (unpaired) electrons. The van der Waals surface area contributed by atoms with Gasteiger partial charge < -0.3 is 5.32 Å². The molecule has 1 saturated heterocycles. The molecular weight excluding hydrogens is 218 g/mol. The van der Waals surface area contributed by atoms with E-state index in [4.69, 9.17) is 11.6 Å². The average Bonchev–Trinajstić information content (AvgIpc) is 2.71. The highest BCUT2D eigenvalue weighted by Crippen LogP contribution is 2.36. The van der Waals surface area contributed by atoms with Gasteiger partial charge in [0.2, 0.25) is 0 Å². The van der Waals surface area contributed by atoms with E-state index >= 15 is 0 Å². The summed E-state index contributed by atoms with van der Waals surface area (Å²) in [5, 5.41) is 4.31. The molecule has 1 heterocycles. The van der Waals surface area contributed by atoms with E-state index in [2.05, 4.69) is 37.4 Å². The summed E-state index contributed by atoms with van der Waals surface area (Å²) in [5.74, 6) is 2.07. The third-order valence-electron chi connectivity index (χ3n) is 3.56. The minimum atomic E-state index is 0.633. The smallest absolute Gasteiger partial charge is 0.0408 e. The first-order valence-electron chi connectivity index (χ1n) is 6.14. The van der Waals surface area contributed by atoms with Crippen molar-refractivity contribution in [1.82, 2.24) is 5.32 Å². The third kappa shape index (κ3) is 2.58. The first kappa shape index (κ1) is 11.9. The highest BCUT2D eigenvalue weighted by Gasteiger charge is 2.28. The number of hydrogen-bond acceptors (Lipinski definition) is 1. The van der Waals surface area contributed by atoms with Crippen LogP contribution in [0, 0.1) is 11.8 Å². The molecule has 1 nitrogen and oxygen atoms in total. The highest BCUT2D eigenvalue weighted by molar-refractivity contribution is 6.30. The Morgan fingerprint density at radius 2 is 2.19 bits per heavy atom. The molecule has 1 aliphatic rings. The Morgan fingerprint density at radius 3 is 2.75 bits per heavy atom. The minimum absolute atomic E-state index is 0.633. The Labute approximate surface area is 103 Å². The maximum absolute atomic E-state index is 6.08. The van der Waals surface area contributed by atoms with Crippen molar-refractivity contribution >= 4 is 11.6 Å². The van der Waals surface area contributed by atoms with E-state index in [9.17, 15) is 0 Å². The summed E-state index contributed by atoms with van der Waals surface area (Å²) < 4.78 is 0. The van der Waals surface area contributed by atoms with Gasteiger partial charge in [-0.05, 0) is 55.0 Å². The van der Waals surface area contributed by atoms with E-state index in [1.54, 1.807) is 0 Å². The highest BCUT2D eigenvalue weighted by atomic mass is 35.5. The third-order valence-corrected chi connectivity index (χ3v) is 3.79. The van der Waals surface area contributed by atoms with Crippen molar-refractivity contribution < 1.29 is 0 Å². The lowest BCUT2D eigenvalue weighted by Crippen LogP contribution is -2.20. The van der Waals surface area contributed by atoms with Gasteiger partial charge in [-0.1, -0.05) is 37.6 Å². The number of rotatable bonds is 3. The lowest BCUT2D eigenvalue weighted by atomic mass is 9.78. The predicted octanol–water partition coefficient (Wildman–Crippen LogP) is 3.69. The molecule has 1 aromatic carbocycles. The quantitative estimate of drug-likeness (QED) is 0.846. The molecule has 0 aliphatic carbocycles. The Bertz CT molecular complexity index is 342. The van der Waals surface area contributed by atoms with Crippen molar-refractivity contribution in [3.63, 3.8) is 0 Å². The standard InChI is InChI=1S/C14H20ClN/c1-10(2)14(12-6-7-16-9-12)11-4-3-5-13(15)8-11/h3-5,8,10,12,14,16H,6-7,9H2,1-2H3. The van der Waals surface area contributed by atoms with Crippen LogP contribution in [0.15, 0.2) is 24.3 Å². The van der Waals surface area contributed by atoms with Crippen molar-refractivity contribution in [2.24, 2.45) is 11.8 Å². The second-order valence-corrected chi connectivity index (χ2v) is 5.51. The Balaban J connectivity index is 2.24. The topological polar surface area (TPSA) is 12.0 Å². The molecule has 88 valence electrons. The molecule has 16 heavy (non-hydrogen) atoms. The van der Waals surface area contributed by atoms with Crippen LogP contribution in [0.2, 0.25) is 5.02 Å². The van der Waals surface area contributed by atoms with E-state index in [1.807, 2.05) is 6.07 Å². The van der Waals surface area contributed by atoms with Crippen molar-refractivity contribution in [2.45, 2.75) is 26.2 Å². The predicted molar refractivity (Wildman–Crippen MR) is 70.0 cm³/mol. The zero-order valence-corrected chi connectivity index (χ0v) is 10.8. The van der Waals surface area contributed by atoms with Crippen LogP contribution in [0.5, 0.6) is 0 Å². The van der Waals surface area contributed by atoms with Gasteiger partial charge in [0.25, 0.3) is 0 Å². The first-order valence-corrected chi connectivity index (χ1v) is 6.52. The maximum atomic E-state index is 6.08. The molecule has 1 N–H and O–H groups in total. The van der Waals surface area contributed by atoms with Crippen molar-refractivity contribution in [3.05, 3.63) is 34.9 Å². The Kier molecular flexibility index (Phi) is 3.88. The molecule has 2 unspecified atom stereocenters. The Morgan fingerprint density at radius 1 is 1.38 bits per heavy atom. The van der Waals surface area contributed by atoms with Gasteiger partial charge in [0.15, 0.2) is 0 Å². The first-order chi connectivity index (χ1) is 7.68. The van der Waals surface area contributed by atoms with Crippen LogP contribution in [-0.4, -0.2) is 13.1 Å². The number of halogens is 1. The molecule has 2 atom stereocenters. The fourth-order valence-corrected chi connectivity index (χ4v) is 3.10. The summed E-state index contributed by atoms with van der Waals surface area (Å²) in [6, 6.07) is 8.37. The molecule has 0 spiro atoms. The second-order valence-electron chi connectivity index (χ2n) is 5.08. The summed E-state index contributed by atoms with van der Waals surface area (Å²) in [6.07, 6.45) is 1.29. The largest absolute Gasteiger partial charge is 0.316 e. The minimum Gasteiger partial charge on any atom is -0.316 e. The Hall–Kier alpha value is -0.530. The second kappa shape index (κ2) is 5.20. The van der Waals surface area contributed by atoms with Gasteiger partial charge in [0.1, 0.15) is 0 Å². The SMILES string of the molecule is CC(C)C(c1cccc(Cl)c1)C1CCNC1. The summed E-state index contributed by atoms with van der Waals surface area (Å²) in [6.45, 7) is 6.93. The van der Waals surface area contributed by atoms with E-state index in [-0.39, 0.29) is 0 Å². The summed E-state index contributed by atoms with van der Waals surface area (Å²) in [4.78, 5) is 0. The van der Waals surface area contributed by atoms with Crippen LogP contribution in [0.1, 0.15) is 31.7 Å². The van der Waals surface area contributed by atoms with Crippen molar-refractivity contribution in [3.8, 4) is 0 Å². The molecule has 2 heteroatoms. The van der Waals surface area contributed by atoms with Gasteiger partial charge in [-0.25, -0.2) is 0 Å². The van der Waals surface area contributed by atoms with Crippen molar-refractivity contribution in [2.75, 3.05) is 13.1 Å². The van der Waals surface area contributed by atoms with Crippen LogP contribution in [0.4, 0.5) is 0 Å². The van der Waals surface area contributed by atoms with Gasteiger partial charge in [-0.15, -0.1) is 0 Å². The van der Waals surface area contributed by atoms with E-state index in [0.29, 0.717) is 11.8 Å². The fraction of sp³-hybridized carbons (Fsp3) is 0.571. The van der Waals surface area contributed by atoms with Gasteiger partial charge in [0, 0.05) is 5.02 Å². The van der Waals surface area contributed by atoms with E-state index in [0.717, 1.165) is 24.0 Å². The van der Waals surface area contributed by atoms with Gasteiger partial charge in [-0.2, -0.15) is 0 Å². The molecular formula is C14H20ClN. The molecule has 0 bridgehead atoms. The van der Waals surface area contributed by atoms with Crippen LogP contribution in [0.3, 0.4) is 0 Å². The summed E-state index contributed by atoms with van der Waals surface area (Å²) in [7, 11) is 0. The molecule has 0 amide bonds.